The highest BCUT2D eigenvalue weighted by molar-refractivity contribution is 7.92. The molecule has 0 heterocycles. The van der Waals surface area contributed by atoms with E-state index in [0.717, 1.165) is 22.2 Å². The van der Waals surface area contributed by atoms with Gasteiger partial charge in [0.2, 0.25) is 15.9 Å². The van der Waals surface area contributed by atoms with Crippen molar-refractivity contribution >= 4 is 21.6 Å². The van der Waals surface area contributed by atoms with Crippen molar-refractivity contribution in [2.24, 2.45) is 0 Å². The monoisotopic (exact) mass is 408 g/mol. The Balaban J connectivity index is 2.29. The van der Waals surface area contributed by atoms with Crippen molar-refractivity contribution in [3.8, 4) is 5.75 Å². The Labute approximate surface area is 165 Å². The van der Waals surface area contributed by atoms with Crippen molar-refractivity contribution in [2.75, 3.05) is 17.7 Å². The SMILES string of the molecule is CCC(C(=O)NC(C)c1ccc(OC)cc1)N(c1ccccc1F)S(C)(=O)=O. The van der Waals surface area contributed by atoms with E-state index in [1.165, 1.54) is 18.2 Å². The quantitative estimate of drug-likeness (QED) is 0.728. The molecule has 152 valence electrons. The van der Waals surface area contributed by atoms with Gasteiger partial charge in [-0.25, -0.2) is 12.8 Å². The molecule has 6 nitrogen and oxygen atoms in total. The Kier molecular flexibility index (Phi) is 7.01. The lowest BCUT2D eigenvalue weighted by atomic mass is 10.1. The third kappa shape index (κ3) is 5.01. The van der Waals surface area contributed by atoms with Gasteiger partial charge in [-0.05, 0) is 43.2 Å². The second kappa shape index (κ2) is 9.05. The van der Waals surface area contributed by atoms with Crippen LogP contribution in [0, 0.1) is 5.82 Å². The molecule has 2 aromatic rings. The zero-order valence-corrected chi connectivity index (χ0v) is 17.2. The predicted octanol–water partition coefficient (Wildman–Crippen LogP) is 3.26. The number of rotatable bonds is 8. The molecule has 0 saturated carbocycles. The first-order valence-corrected chi connectivity index (χ1v) is 10.7. The van der Waals surface area contributed by atoms with Crippen LogP contribution in [0.2, 0.25) is 0 Å². The van der Waals surface area contributed by atoms with E-state index in [-0.39, 0.29) is 18.2 Å². The lowest BCUT2D eigenvalue weighted by Gasteiger charge is -2.31. The van der Waals surface area contributed by atoms with Gasteiger partial charge in [0.25, 0.3) is 0 Å². The second-order valence-corrected chi connectivity index (χ2v) is 8.30. The molecule has 2 rings (SSSR count). The van der Waals surface area contributed by atoms with E-state index in [1.54, 1.807) is 33.1 Å². The summed E-state index contributed by atoms with van der Waals surface area (Å²) < 4.78 is 45.0. The third-order valence-electron chi connectivity index (χ3n) is 4.39. The Morgan fingerprint density at radius 2 is 1.79 bits per heavy atom. The number of carbonyl (C=O) groups is 1. The average molecular weight is 408 g/mol. The number of anilines is 1. The van der Waals surface area contributed by atoms with Crippen LogP contribution >= 0.6 is 0 Å². The maximum atomic E-state index is 14.3. The third-order valence-corrected chi connectivity index (χ3v) is 5.56. The molecule has 1 amide bonds. The van der Waals surface area contributed by atoms with Crippen LogP contribution in [0.1, 0.15) is 31.9 Å². The molecule has 0 aliphatic carbocycles. The fourth-order valence-corrected chi connectivity index (χ4v) is 4.16. The largest absolute Gasteiger partial charge is 0.497 e. The van der Waals surface area contributed by atoms with E-state index in [4.69, 9.17) is 4.74 Å². The van der Waals surface area contributed by atoms with Crippen LogP contribution in [0.3, 0.4) is 0 Å². The zero-order chi connectivity index (χ0) is 20.9. The number of hydrogen-bond acceptors (Lipinski definition) is 4. The first-order chi connectivity index (χ1) is 13.2. The number of benzene rings is 2. The highest BCUT2D eigenvalue weighted by atomic mass is 32.2. The zero-order valence-electron chi connectivity index (χ0n) is 16.3. The van der Waals surface area contributed by atoms with Crippen molar-refractivity contribution in [3.63, 3.8) is 0 Å². The molecule has 8 heteroatoms. The Hall–Kier alpha value is -2.61. The lowest BCUT2D eigenvalue weighted by Crippen LogP contribution is -2.50. The smallest absolute Gasteiger partial charge is 0.244 e. The van der Waals surface area contributed by atoms with Gasteiger partial charge >= 0.3 is 0 Å². The van der Waals surface area contributed by atoms with E-state index >= 15 is 0 Å². The molecule has 0 fully saturated rings. The highest BCUT2D eigenvalue weighted by Gasteiger charge is 2.33. The lowest BCUT2D eigenvalue weighted by molar-refractivity contribution is -0.122. The minimum absolute atomic E-state index is 0.149. The summed E-state index contributed by atoms with van der Waals surface area (Å²) in [7, 11) is -2.33. The van der Waals surface area contributed by atoms with Gasteiger partial charge in [-0.15, -0.1) is 0 Å². The van der Waals surface area contributed by atoms with Gasteiger partial charge in [-0.2, -0.15) is 0 Å². The van der Waals surface area contributed by atoms with Gasteiger partial charge in [0.05, 0.1) is 25.1 Å². The molecule has 28 heavy (non-hydrogen) atoms. The van der Waals surface area contributed by atoms with E-state index < -0.39 is 27.8 Å². The Morgan fingerprint density at radius 1 is 1.18 bits per heavy atom. The summed E-state index contributed by atoms with van der Waals surface area (Å²) in [4.78, 5) is 12.9. The summed E-state index contributed by atoms with van der Waals surface area (Å²) in [5.41, 5.74) is 0.685. The van der Waals surface area contributed by atoms with Gasteiger partial charge in [0, 0.05) is 0 Å². The van der Waals surface area contributed by atoms with E-state index in [2.05, 4.69) is 5.32 Å². The number of para-hydroxylation sites is 1. The molecular weight excluding hydrogens is 383 g/mol. The first-order valence-electron chi connectivity index (χ1n) is 8.87. The molecular formula is C20H25FN2O4S. The van der Waals surface area contributed by atoms with Crippen LogP contribution in [0.15, 0.2) is 48.5 Å². The second-order valence-electron chi connectivity index (χ2n) is 6.44. The number of amides is 1. The summed E-state index contributed by atoms with van der Waals surface area (Å²) in [6.07, 6.45) is 1.14. The van der Waals surface area contributed by atoms with Crippen molar-refractivity contribution < 1.29 is 22.3 Å². The fraction of sp³-hybridized carbons (Fsp3) is 0.350. The van der Waals surface area contributed by atoms with Gasteiger partial charge in [-0.1, -0.05) is 31.2 Å². The van der Waals surface area contributed by atoms with Crippen LogP contribution in [0.5, 0.6) is 5.75 Å². The summed E-state index contributed by atoms with van der Waals surface area (Å²) in [5, 5.41) is 2.82. The van der Waals surface area contributed by atoms with Crippen LogP contribution in [-0.4, -0.2) is 33.7 Å². The molecule has 0 spiro atoms. The molecule has 0 aromatic heterocycles. The van der Waals surface area contributed by atoms with Gasteiger partial charge < -0.3 is 10.1 Å². The molecule has 2 atom stereocenters. The van der Waals surface area contributed by atoms with Crippen LogP contribution in [0.25, 0.3) is 0 Å². The number of nitrogens with zero attached hydrogens (tertiary/aromatic N) is 1. The Bertz CT molecular complexity index is 916. The number of carbonyl (C=O) groups excluding carboxylic acids is 1. The normalized spacial score (nSPS) is 13.5. The summed E-state index contributed by atoms with van der Waals surface area (Å²) in [5.74, 6) is -0.515. The maximum Gasteiger partial charge on any atom is 0.244 e. The highest BCUT2D eigenvalue weighted by Crippen LogP contribution is 2.26. The fourth-order valence-electron chi connectivity index (χ4n) is 2.95. The molecule has 0 bridgehead atoms. The number of halogens is 1. The summed E-state index contributed by atoms with van der Waals surface area (Å²) in [6, 6.07) is 11.2. The minimum atomic E-state index is -3.89. The average Bonchev–Trinajstić information content (AvgIpc) is 2.65. The van der Waals surface area contributed by atoms with Gasteiger partial charge in [0.15, 0.2) is 0 Å². The molecule has 1 N–H and O–H groups in total. The van der Waals surface area contributed by atoms with E-state index in [1.807, 2.05) is 12.1 Å². The topological polar surface area (TPSA) is 75.7 Å². The molecule has 2 aromatic carbocycles. The summed E-state index contributed by atoms with van der Waals surface area (Å²) >= 11 is 0. The molecule has 0 aliphatic rings. The number of sulfonamides is 1. The number of nitrogens with one attached hydrogen (secondary N) is 1. The van der Waals surface area contributed by atoms with Gasteiger partial charge in [0.1, 0.15) is 17.6 Å². The standard InChI is InChI=1S/C20H25FN2O4S/c1-5-18(23(28(4,25)26)19-9-7-6-8-17(19)21)20(24)22-14(2)15-10-12-16(27-3)13-11-15/h6-14,18H,5H2,1-4H3,(H,22,24). The van der Waals surface area contributed by atoms with Crippen LogP contribution in [0.4, 0.5) is 10.1 Å². The molecule has 2 unspecified atom stereocenters. The van der Waals surface area contributed by atoms with Crippen LogP contribution in [-0.2, 0) is 14.8 Å². The predicted molar refractivity (Wildman–Crippen MR) is 107 cm³/mol. The van der Waals surface area contributed by atoms with Crippen LogP contribution < -0.4 is 14.4 Å². The van der Waals surface area contributed by atoms with Crippen molar-refractivity contribution in [3.05, 3.63) is 59.9 Å². The number of methoxy groups -OCH3 is 1. The van der Waals surface area contributed by atoms with Crippen molar-refractivity contribution in [2.45, 2.75) is 32.4 Å². The minimum Gasteiger partial charge on any atom is -0.497 e. The number of ether oxygens (including phenoxy) is 1. The molecule has 0 aliphatic heterocycles. The van der Waals surface area contributed by atoms with E-state index in [9.17, 15) is 17.6 Å². The number of hydrogen-bond donors (Lipinski definition) is 1. The Morgan fingerprint density at radius 3 is 2.29 bits per heavy atom. The van der Waals surface area contributed by atoms with Crippen molar-refractivity contribution in [1.29, 1.82) is 0 Å². The van der Waals surface area contributed by atoms with Gasteiger partial charge in [-0.3, -0.25) is 9.10 Å². The van der Waals surface area contributed by atoms with E-state index in [0.29, 0.717) is 5.75 Å². The molecule has 0 saturated heterocycles. The molecule has 0 radical (unpaired) electrons. The first kappa shape index (κ1) is 21.7. The summed E-state index contributed by atoms with van der Waals surface area (Å²) in [6.45, 7) is 3.47. The maximum absolute atomic E-state index is 14.3. The van der Waals surface area contributed by atoms with Crippen molar-refractivity contribution in [1.82, 2.24) is 5.32 Å².